The second-order valence-corrected chi connectivity index (χ2v) is 6.89. The molecule has 0 atom stereocenters. The molecule has 0 bridgehead atoms. The van der Waals surface area contributed by atoms with E-state index >= 15 is 0 Å². The summed E-state index contributed by atoms with van der Waals surface area (Å²) in [4.78, 5) is 17.7. The summed E-state index contributed by atoms with van der Waals surface area (Å²) in [6.07, 6.45) is 1.83. The fraction of sp³-hybridized carbons (Fsp3) is 0.250. The largest absolute Gasteiger partial charge is 0.366 e. The fourth-order valence-corrected chi connectivity index (χ4v) is 3.73. The zero-order chi connectivity index (χ0) is 17.6. The summed E-state index contributed by atoms with van der Waals surface area (Å²) >= 11 is 1.61. The average molecular weight is 356 g/mol. The maximum Gasteiger partial charge on any atom is 0.255 e. The molecule has 3 rings (SSSR count). The SMILES string of the molecule is C=CCSc1ccccc1C(=O)N1CCN(c2ccccc2F)CC1. The van der Waals surface area contributed by atoms with Gasteiger partial charge in [0.2, 0.25) is 0 Å². The summed E-state index contributed by atoms with van der Waals surface area (Å²) in [7, 11) is 0. The Morgan fingerprint density at radius 1 is 1.08 bits per heavy atom. The Hall–Kier alpha value is -2.27. The molecule has 25 heavy (non-hydrogen) atoms. The van der Waals surface area contributed by atoms with Gasteiger partial charge in [0, 0.05) is 36.8 Å². The minimum Gasteiger partial charge on any atom is -0.366 e. The van der Waals surface area contributed by atoms with Gasteiger partial charge in [0.1, 0.15) is 5.82 Å². The van der Waals surface area contributed by atoms with Crippen LogP contribution in [0.3, 0.4) is 0 Å². The third kappa shape index (κ3) is 4.04. The number of hydrogen-bond acceptors (Lipinski definition) is 3. The van der Waals surface area contributed by atoms with Crippen LogP contribution in [0.2, 0.25) is 0 Å². The fourth-order valence-electron chi connectivity index (χ4n) is 2.95. The van der Waals surface area contributed by atoms with Crippen LogP contribution in [0.5, 0.6) is 0 Å². The lowest BCUT2D eigenvalue weighted by atomic mass is 10.1. The lowest BCUT2D eigenvalue weighted by Gasteiger charge is -2.36. The lowest BCUT2D eigenvalue weighted by molar-refractivity contribution is 0.0743. The first-order valence-corrected chi connectivity index (χ1v) is 9.30. The molecular weight excluding hydrogens is 335 g/mol. The molecule has 0 unspecified atom stereocenters. The van der Waals surface area contributed by atoms with E-state index in [1.807, 2.05) is 46.2 Å². The molecule has 0 aromatic heterocycles. The molecule has 0 saturated carbocycles. The van der Waals surface area contributed by atoms with Crippen LogP contribution in [0, 0.1) is 5.82 Å². The molecule has 0 aliphatic carbocycles. The van der Waals surface area contributed by atoms with Crippen molar-refractivity contribution in [1.82, 2.24) is 4.90 Å². The molecule has 1 fully saturated rings. The molecule has 2 aromatic carbocycles. The number of anilines is 1. The van der Waals surface area contributed by atoms with E-state index in [0.29, 0.717) is 31.9 Å². The zero-order valence-corrected chi connectivity index (χ0v) is 14.8. The molecule has 3 nitrogen and oxygen atoms in total. The second kappa shape index (κ2) is 8.21. The summed E-state index contributed by atoms with van der Waals surface area (Å²) in [6, 6.07) is 14.5. The molecule has 1 aliphatic rings. The van der Waals surface area contributed by atoms with Crippen LogP contribution >= 0.6 is 11.8 Å². The van der Waals surface area contributed by atoms with Gasteiger partial charge in [-0.15, -0.1) is 18.3 Å². The highest BCUT2D eigenvalue weighted by atomic mass is 32.2. The van der Waals surface area contributed by atoms with Gasteiger partial charge in [-0.1, -0.05) is 30.3 Å². The minimum atomic E-state index is -0.214. The monoisotopic (exact) mass is 356 g/mol. The van der Waals surface area contributed by atoms with Gasteiger partial charge in [-0.3, -0.25) is 4.79 Å². The number of carbonyl (C=O) groups is 1. The number of amides is 1. The van der Waals surface area contributed by atoms with Crippen LogP contribution < -0.4 is 4.90 Å². The van der Waals surface area contributed by atoms with Crippen molar-refractivity contribution in [2.75, 3.05) is 36.8 Å². The maximum absolute atomic E-state index is 13.9. The van der Waals surface area contributed by atoms with Crippen molar-refractivity contribution in [1.29, 1.82) is 0 Å². The van der Waals surface area contributed by atoms with Crippen LogP contribution in [0.15, 0.2) is 66.1 Å². The highest BCUT2D eigenvalue weighted by Gasteiger charge is 2.24. The number of carbonyl (C=O) groups excluding carboxylic acids is 1. The van der Waals surface area contributed by atoms with Gasteiger partial charge in [0.15, 0.2) is 0 Å². The average Bonchev–Trinajstić information content (AvgIpc) is 2.66. The highest BCUT2D eigenvalue weighted by Crippen LogP contribution is 2.25. The molecule has 1 aliphatic heterocycles. The lowest BCUT2D eigenvalue weighted by Crippen LogP contribution is -2.49. The smallest absolute Gasteiger partial charge is 0.255 e. The normalized spacial score (nSPS) is 14.4. The Morgan fingerprint density at radius 2 is 1.76 bits per heavy atom. The van der Waals surface area contributed by atoms with E-state index in [4.69, 9.17) is 0 Å². The Morgan fingerprint density at radius 3 is 2.48 bits per heavy atom. The van der Waals surface area contributed by atoms with Gasteiger partial charge in [0.05, 0.1) is 11.3 Å². The summed E-state index contributed by atoms with van der Waals surface area (Å²) in [6.45, 7) is 6.18. The molecule has 0 radical (unpaired) electrons. The topological polar surface area (TPSA) is 23.6 Å². The molecule has 0 spiro atoms. The molecule has 1 heterocycles. The van der Waals surface area contributed by atoms with Crippen molar-refractivity contribution >= 4 is 23.4 Å². The quantitative estimate of drug-likeness (QED) is 0.596. The first-order valence-electron chi connectivity index (χ1n) is 8.32. The van der Waals surface area contributed by atoms with E-state index in [1.165, 1.54) is 6.07 Å². The summed E-state index contributed by atoms with van der Waals surface area (Å²) < 4.78 is 13.9. The number of halogens is 1. The van der Waals surface area contributed by atoms with Gasteiger partial charge in [0.25, 0.3) is 5.91 Å². The van der Waals surface area contributed by atoms with Crippen molar-refractivity contribution in [3.05, 3.63) is 72.6 Å². The van der Waals surface area contributed by atoms with Crippen LogP contribution in [0.4, 0.5) is 10.1 Å². The van der Waals surface area contributed by atoms with Gasteiger partial charge >= 0.3 is 0 Å². The Kier molecular flexibility index (Phi) is 5.76. The second-order valence-electron chi connectivity index (χ2n) is 5.83. The third-order valence-corrected chi connectivity index (χ3v) is 5.30. The van der Waals surface area contributed by atoms with Crippen molar-refractivity contribution in [2.45, 2.75) is 4.90 Å². The van der Waals surface area contributed by atoms with Gasteiger partial charge < -0.3 is 9.80 Å². The van der Waals surface area contributed by atoms with E-state index in [9.17, 15) is 9.18 Å². The van der Waals surface area contributed by atoms with Crippen molar-refractivity contribution in [3.8, 4) is 0 Å². The molecule has 130 valence electrons. The number of rotatable bonds is 5. The zero-order valence-electron chi connectivity index (χ0n) is 14.0. The molecular formula is C20H21FN2OS. The highest BCUT2D eigenvalue weighted by molar-refractivity contribution is 7.99. The van der Waals surface area contributed by atoms with E-state index in [0.717, 1.165) is 16.2 Å². The summed E-state index contributed by atoms with van der Waals surface area (Å²) in [5, 5.41) is 0. The Labute approximate surface area is 152 Å². The predicted octanol–water partition coefficient (Wildman–Crippen LogP) is 4.07. The standard InChI is InChI=1S/C20H21FN2OS/c1-2-15-25-19-10-6-3-7-16(19)20(24)23-13-11-22(12-14-23)18-9-5-4-8-17(18)21/h2-10H,1,11-15H2. The maximum atomic E-state index is 13.9. The first-order chi connectivity index (χ1) is 12.2. The van der Waals surface area contributed by atoms with Crippen molar-refractivity contribution < 1.29 is 9.18 Å². The summed E-state index contributed by atoms with van der Waals surface area (Å²) in [5.41, 5.74) is 1.34. The summed E-state index contributed by atoms with van der Waals surface area (Å²) in [5.74, 6) is 0.597. The van der Waals surface area contributed by atoms with E-state index in [2.05, 4.69) is 6.58 Å². The molecule has 0 N–H and O–H groups in total. The Balaban J connectivity index is 1.68. The Bertz CT molecular complexity index is 757. The third-order valence-electron chi connectivity index (χ3n) is 4.23. The predicted molar refractivity (Wildman–Crippen MR) is 102 cm³/mol. The van der Waals surface area contributed by atoms with Crippen molar-refractivity contribution in [3.63, 3.8) is 0 Å². The van der Waals surface area contributed by atoms with Gasteiger partial charge in [-0.25, -0.2) is 4.39 Å². The van der Waals surface area contributed by atoms with E-state index in [1.54, 1.807) is 23.9 Å². The minimum absolute atomic E-state index is 0.0420. The van der Waals surface area contributed by atoms with Gasteiger partial charge in [-0.2, -0.15) is 0 Å². The van der Waals surface area contributed by atoms with Crippen LogP contribution in [-0.4, -0.2) is 42.7 Å². The number of thioether (sulfide) groups is 1. The molecule has 1 saturated heterocycles. The van der Waals surface area contributed by atoms with Gasteiger partial charge in [-0.05, 0) is 24.3 Å². The number of benzene rings is 2. The molecule has 2 aromatic rings. The molecule has 5 heteroatoms. The van der Waals surface area contributed by atoms with E-state index in [-0.39, 0.29) is 11.7 Å². The van der Waals surface area contributed by atoms with E-state index < -0.39 is 0 Å². The first kappa shape index (κ1) is 17.5. The number of hydrogen-bond donors (Lipinski definition) is 0. The van der Waals surface area contributed by atoms with Crippen LogP contribution in [0.25, 0.3) is 0 Å². The number of para-hydroxylation sites is 1. The number of piperazine rings is 1. The number of nitrogens with zero attached hydrogens (tertiary/aromatic N) is 2. The van der Waals surface area contributed by atoms with Crippen LogP contribution in [0.1, 0.15) is 10.4 Å². The van der Waals surface area contributed by atoms with Crippen molar-refractivity contribution in [2.24, 2.45) is 0 Å². The molecule has 1 amide bonds. The van der Waals surface area contributed by atoms with Crippen LogP contribution in [-0.2, 0) is 0 Å².